The number of nitrogens with zero attached hydrogens (tertiary/aromatic N) is 4. The Morgan fingerprint density at radius 2 is 1.93 bits per heavy atom. The maximum Gasteiger partial charge on any atom is 0.248 e. The second-order valence-corrected chi connectivity index (χ2v) is 10.2. The molecule has 1 fully saturated rings. The molecule has 3 N–H and O–H groups in total. The van der Waals surface area contributed by atoms with Crippen molar-refractivity contribution in [3.05, 3.63) is 58.8 Å². The van der Waals surface area contributed by atoms with Crippen LogP contribution in [0.1, 0.15) is 25.1 Å². The van der Waals surface area contributed by atoms with Crippen LogP contribution in [-0.4, -0.2) is 85.4 Å². The maximum absolute atomic E-state index is 13.0. The lowest BCUT2D eigenvalue weighted by molar-refractivity contribution is -0.111. The summed E-state index contributed by atoms with van der Waals surface area (Å²) in [5.74, 6) is 0.744. The third-order valence-electron chi connectivity index (χ3n) is 7.10. The fraction of sp³-hybridized carbons (Fsp3) is 0.387. The summed E-state index contributed by atoms with van der Waals surface area (Å²) >= 11 is 6.37. The Bertz CT molecular complexity index is 1480. The van der Waals surface area contributed by atoms with Gasteiger partial charge in [-0.3, -0.25) is 19.6 Å². The minimum absolute atomic E-state index is 0.166. The minimum Gasteiger partial charge on any atom is -0.495 e. The number of rotatable bonds is 12. The van der Waals surface area contributed by atoms with Crippen LogP contribution >= 0.6 is 11.6 Å². The summed E-state index contributed by atoms with van der Waals surface area (Å²) in [4.78, 5) is 22.2. The van der Waals surface area contributed by atoms with Crippen molar-refractivity contribution in [3.63, 3.8) is 0 Å². The number of amides is 1. The quantitative estimate of drug-likeness (QED) is 0.259. The summed E-state index contributed by atoms with van der Waals surface area (Å²) in [7, 11) is 1.55. The molecule has 1 aromatic heterocycles. The number of pyridine rings is 1. The van der Waals surface area contributed by atoms with E-state index >= 15 is 0 Å². The van der Waals surface area contributed by atoms with E-state index in [0.717, 1.165) is 26.2 Å². The van der Waals surface area contributed by atoms with Crippen LogP contribution in [0.2, 0.25) is 5.02 Å². The highest BCUT2D eigenvalue weighted by Crippen LogP contribution is 2.38. The number of β-amino-alcohol motifs (C(OH)–C–C–N with tert-alkyl or cyclic N) is 1. The van der Waals surface area contributed by atoms with Gasteiger partial charge in [-0.25, -0.2) is 0 Å². The number of aryl methyl sites for hydroxylation is 1. The van der Waals surface area contributed by atoms with Gasteiger partial charge in [0, 0.05) is 62.5 Å². The Labute approximate surface area is 251 Å². The zero-order valence-electron chi connectivity index (χ0n) is 24.2. The zero-order chi connectivity index (χ0) is 30.1. The lowest BCUT2D eigenvalue weighted by Gasteiger charge is -2.33. The van der Waals surface area contributed by atoms with Gasteiger partial charge in [0.15, 0.2) is 0 Å². The molecule has 42 heavy (non-hydrogen) atoms. The Kier molecular flexibility index (Phi) is 11.0. The van der Waals surface area contributed by atoms with Gasteiger partial charge in [0.1, 0.15) is 17.6 Å². The van der Waals surface area contributed by atoms with Crippen molar-refractivity contribution in [2.24, 2.45) is 0 Å². The average Bonchev–Trinajstić information content (AvgIpc) is 2.98. The smallest absolute Gasteiger partial charge is 0.248 e. The van der Waals surface area contributed by atoms with E-state index in [1.165, 1.54) is 6.08 Å². The molecule has 1 saturated heterocycles. The number of hydrogen-bond donors (Lipinski definition) is 3. The van der Waals surface area contributed by atoms with E-state index in [-0.39, 0.29) is 12.5 Å². The second-order valence-electron chi connectivity index (χ2n) is 9.80. The second kappa shape index (κ2) is 14.8. The summed E-state index contributed by atoms with van der Waals surface area (Å²) < 4.78 is 11.2. The number of aliphatic hydroxyl groups is 1. The molecule has 2 heterocycles. The third kappa shape index (κ3) is 7.49. The van der Waals surface area contributed by atoms with Gasteiger partial charge in [0.2, 0.25) is 5.91 Å². The van der Waals surface area contributed by atoms with Crippen LogP contribution in [0.25, 0.3) is 10.9 Å². The summed E-state index contributed by atoms with van der Waals surface area (Å²) in [6, 6.07) is 11.2. The Morgan fingerprint density at radius 1 is 1.17 bits per heavy atom. The summed E-state index contributed by atoms with van der Waals surface area (Å²) in [5.41, 5.74) is 3.40. The number of hydrogen-bond acceptors (Lipinski definition) is 9. The van der Waals surface area contributed by atoms with Crippen molar-refractivity contribution in [3.8, 4) is 17.6 Å². The molecular weight excluding hydrogens is 556 g/mol. The highest BCUT2D eigenvalue weighted by atomic mass is 35.5. The number of carbonyl (C=O) groups is 1. The van der Waals surface area contributed by atoms with Gasteiger partial charge in [0.05, 0.1) is 53.5 Å². The number of fused-ring (bicyclic) bond motifs is 1. The van der Waals surface area contributed by atoms with Crippen LogP contribution in [0.5, 0.6) is 11.5 Å². The standard InChI is InChI=1S/C31H37ClN6O4/c1-4-25-23(20-33)31(34-21-8-9-28(41-3)24(32)17-21)22-18-27(29(42-5-2)19-26(22)35-25)36-30(40)7-6-10-37-11-13-38(14-12-37)15-16-39/h6-9,17-19,39H,4-5,10-16H2,1-3H3,(H,34,35)(H,36,40)/b7-6+. The van der Waals surface area contributed by atoms with E-state index < -0.39 is 0 Å². The Hall–Kier alpha value is -3.88. The highest BCUT2D eigenvalue weighted by molar-refractivity contribution is 6.32. The van der Waals surface area contributed by atoms with Crippen molar-refractivity contribution in [1.29, 1.82) is 5.26 Å². The fourth-order valence-electron chi connectivity index (χ4n) is 4.93. The van der Waals surface area contributed by atoms with E-state index in [1.807, 2.05) is 26.0 Å². The first-order chi connectivity index (χ1) is 20.4. The molecule has 222 valence electrons. The first-order valence-corrected chi connectivity index (χ1v) is 14.5. The van der Waals surface area contributed by atoms with Crippen LogP contribution in [0.15, 0.2) is 42.5 Å². The SMILES string of the molecule is CCOc1cc2nc(CC)c(C#N)c(Nc3ccc(OC)c(Cl)c3)c2cc1NC(=O)/C=C/CN1CCN(CCO)CC1. The summed E-state index contributed by atoms with van der Waals surface area (Å²) in [5, 5.41) is 26.6. The molecular formula is C31H37ClN6O4. The van der Waals surface area contributed by atoms with Gasteiger partial charge < -0.3 is 25.2 Å². The van der Waals surface area contributed by atoms with Crippen LogP contribution in [0.4, 0.5) is 17.1 Å². The summed E-state index contributed by atoms with van der Waals surface area (Å²) in [6.07, 6.45) is 3.93. The number of methoxy groups -OCH3 is 1. The van der Waals surface area contributed by atoms with E-state index in [0.29, 0.717) is 81.9 Å². The molecule has 0 aliphatic carbocycles. The van der Waals surface area contributed by atoms with E-state index in [2.05, 4.69) is 26.5 Å². The molecule has 0 saturated carbocycles. The van der Waals surface area contributed by atoms with Gasteiger partial charge in [-0.1, -0.05) is 24.6 Å². The van der Waals surface area contributed by atoms with Crippen molar-refractivity contribution < 1.29 is 19.4 Å². The van der Waals surface area contributed by atoms with Gasteiger partial charge in [0.25, 0.3) is 0 Å². The molecule has 1 amide bonds. The number of nitriles is 1. The predicted octanol–water partition coefficient (Wildman–Crippen LogP) is 4.58. The van der Waals surface area contributed by atoms with E-state index in [9.17, 15) is 10.1 Å². The van der Waals surface area contributed by atoms with Gasteiger partial charge in [-0.05, 0) is 37.6 Å². The van der Waals surface area contributed by atoms with Gasteiger partial charge in [-0.2, -0.15) is 5.26 Å². The van der Waals surface area contributed by atoms with Crippen LogP contribution in [-0.2, 0) is 11.2 Å². The minimum atomic E-state index is -0.288. The van der Waals surface area contributed by atoms with Crippen LogP contribution < -0.4 is 20.1 Å². The fourth-order valence-corrected chi connectivity index (χ4v) is 5.19. The lowest BCUT2D eigenvalue weighted by atomic mass is 10.0. The first kappa shape index (κ1) is 31.1. The number of halogens is 1. The van der Waals surface area contributed by atoms with Crippen LogP contribution in [0.3, 0.4) is 0 Å². The highest BCUT2D eigenvalue weighted by Gasteiger charge is 2.19. The molecule has 2 aromatic carbocycles. The van der Waals surface area contributed by atoms with E-state index in [4.69, 9.17) is 31.2 Å². The number of aliphatic hydroxyl groups excluding tert-OH is 1. The molecule has 10 nitrogen and oxygen atoms in total. The van der Waals surface area contributed by atoms with Crippen molar-refractivity contribution >= 4 is 45.5 Å². The normalized spacial score (nSPS) is 14.2. The number of piperazine rings is 1. The van der Waals surface area contributed by atoms with Gasteiger partial charge in [-0.15, -0.1) is 0 Å². The maximum atomic E-state index is 13.0. The largest absolute Gasteiger partial charge is 0.495 e. The van der Waals surface area contributed by atoms with Gasteiger partial charge >= 0.3 is 0 Å². The monoisotopic (exact) mass is 592 g/mol. The number of ether oxygens (including phenoxy) is 2. The third-order valence-corrected chi connectivity index (χ3v) is 7.40. The number of carbonyl (C=O) groups excluding carboxylic acids is 1. The molecule has 0 unspecified atom stereocenters. The molecule has 0 spiro atoms. The van der Waals surface area contributed by atoms with Crippen molar-refractivity contribution in [2.75, 3.05) is 70.2 Å². The summed E-state index contributed by atoms with van der Waals surface area (Å²) in [6.45, 7) is 9.30. The van der Waals surface area contributed by atoms with Crippen molar-refractivity contribution in [1.82, 2.24) is 14.8 Å². The van der Waals surface area contributed by atoms with E-state index in [1.54, 1.807) is 31.4 Å². The Morgan fingerprint density at radius 3 is 2.57 bits per heavy atom. The molecule has 11 heteroatoms. The molecule has 1 aliphatic rings. The predicted molar refractivity (Wildman–Crippen MR) is 166 cm³/mol. The molecule has 1 aliphatic heterocycles. The molecule has 0 radical (unpaired) electrons. The average molecular weight is 593 g/mol. The Balaban J connectivity index is 1.62. The number of aromatic nitrogens is 1. The molecule has 0 atom stereocenters. The lowest BCUT2D eigenvalue weighted by Crippen LogP contribution is -2.47. The van der Waals surface area contributed by atoms with Crippen molar-refractivity contribution in [2.45, 2.75) is 20.3 Å². The molecule has 3 aromatic rings. The number of anilines is 3. The topological polar surface area (TPSA) is 123 Å². The van der Waals surface area contributed by atoms with Crippen LogP contribution in [0, 0.1) is 11.3 Å². The number of nitrogens with one attached hydrogen (secondary N) is 2. The first-order valence-electron chi connectivity index (χ1n) is 14.1. The number of benzene rings is 2. The molecule has 0 bridgehead atoms. The zero-order valence-corrected chi connectivity index (χ0v) is 25.0. The molecule has 4 rings (SSSR count).